The highest BCUT2D eigenvalue weighted by Gasteiger charge is 2.32. The molecule has 1 amide bonds. The SMILES string of the molecule is CCCCCCCOc1ccc2cc(-c3noc([C@@H]4CCCN4C(C)=NC(=O)OC(C)(C)C)n3)ccc2c1. The number of amidine groups is 1. The number of aromatic nitrogens is 2. The molecule has 8 nitrogen and oxygen atoms in total. The van der Waals surface area contributed by atoms with Crippen LogP contribution < -0.4 is 4.74 Å². The Bertz CT molecular complexity index is 1260. The second kappa shape index (κ2) is 12.4. The molecule has 4 rings (SSSR count). The Labute approximate surface area is 225 Å². The fourth-order valence-electron chi connectivity index (χ4n) is 4.73. The molecular weight excluding hydrogens is 480 g/mol. The fraction of sp³-hybridized carbons (Fsp3) is 0.533. The van der Waals surface area contributed by atoms with Crippen molar-refractivity contribution < 1.29 is 18.8 Å². The number of nitrogens with zero attached hydrogens (tertiary/aromatic N) is 4. The maximum atomic E-state index is 12.2. The Balaban J connectivity index is 1.42. The van der Waals surface area contributed by atoms with Crippen LogP contribution in [0.3, 0.4) is 0 Å². The van der Waals surface area contributed by atoms with Crippen molar-refractivity contribution in [1.82, 2.24) is 15.0 Å². The standard InChI is InChI=1S/C30H40N4O4/c1-6-7-8-9-10-18-36-25-16-15-22-19-24(14-13-23(22)20-25)27-32-28(38-33-27)26-12-11-17-34(26)21(2)31-29(35)37-30(3,4)5/h13-16,19-20,26H,6-12,17-18H2,1-5H3/t26-/m0/s1. The number of hydrogen-bond acceptors (Lipinski definition) is 6. The van der Waals surface area contributed by atoms with Gasteiger partial charge in [-0.2, -0.15) is 9.98 Å². The normalized spacial score (nSPS) is 16.3. The summed E-state index contributed by atoms with van der Waals surface area (Å²) in [6.45, 7) is 11.0. The average molecular weight is 521 g/mol. The van der Waals surface area contributed by atoms with Crippen LogP contribution in [0.4, 0.5) is 4.79 Å². The van der Waals surface area contributed by atoms with E-state index in [0.29, 0.717) is 17.6 Å². The third kappa shape index (κ3) is 7.33. The van der Waals surface area contributed by atoms with Crippen molar-refractivity contribution in [3.8, 4) is 17.1 Å². The van der Waals surface area contributed by atoms with Gasteiger partial charge in [0.2, 0.25) is 11.7 Å². The van der Waals surface area contributed by atoms with E-state index >= 15 is 0 Å². The second-order valence-corrected chi connectivity index (χ2v) is 10.9. The summed E-state index contributed by atoms with van der Waals surface area (Å²) in [7, 11) is 0. The van der Waals surface area contributed by atoms with Crippen molar-refractivity contribution in [3.63, 3.8) is 0 Å². The van der Waals surface area contributed by atoms with Crippen LogP contribution in [0.5, 0.6) is 5.75 Å². The molecular formula is C30H40N4O4. The number of hydrogen-bond donors (Lipinski definition) is 0. The maximum Gasteiger partial charge on any atom is 0.435 e. The smallest absolute Gasteiger partial charge is 0.435 e. The van der Waals surface area contributed by atoms with Gasteiger partial charge in [-0.25, -0.2) is 4.79 Å². The van der Waals surface area contributed by atoms with Gasteiger partial charge >= 0.3 is 6.09 Å². The van der Waals surface area contributed by atoms with Gasteiger partial charge in [-0.05, 0) is 75.9 Å². The molecule has 1 atom stereocenters. The fourth-order valence-corrected chi connectivity index (χ4v) is 4.73. The predicted octanol–water partition coefficient (Wildman–Crippen LogP) is 7.73. The molecule has 1 saturated heterocycles. The third-order valence-electron chi connectivity index (χ3n) is 6.63. The van der Waals surface area contributed by atoms with E-state index in [4.69, 9.17) is 19.0 Å². The second-order valence-electron chi connectivity index (χ2n) is 10.9. The van der Waals surface area contributed by atoms with E-state index in [1.54, 1.807) is 0 Å². The monoisotopic (exact) mass is 520 g/mol. The molecule has 0 saturated carbocycles. The molecule has 3 aromatic rings. The van der Waals surface area contributed by atoms with Gasteiger partial charge in [0, 0.05) is 12.1 Å². The molecule has 0 aliphatic carbocycles. The molecule has 0 spiro atoms. The van der Waals surface area contributed by atoms with Crippen LogP contribution in [0.15, 0.2) is 45.9 Å². The first-order valence-corrected chi connectivity index (χ1v) is 13.8. The van der Waals surface area contributed by atoms with E-state index in [9.17, 15) is 4.79 Å². The highest BCUT2D eigenvalue weighted by Crippen LogP contribution is 2.33. The molecule has 0 bridgehead atoms. The molecule has 1 aromatic heterocycles. The van der Waals surface area contributed by atoms with E-state index in [2.05, 4.69) is 41.3 Å². The van der Waals surface area contributed by atoms with Crippen molar-refractivity contribution in [2.75, 3.05) is 13.2 Å². The minimum Gasteiger partial charge on any atom is -0.494 e. The Morgan fingerprint density at radius 2 is 1.87 bits per heavy atom. The molecule has 0 N–H and O–H groups in total. The minimum atomic E-state index is -0.594. The minimum absolute atomic E-state index is 0.121. The van der Waals surface area contributed by atoms with Crippen molar-refractivity contribution in [2.24, 2.45) is 4.99 Å². The molecule has 0 unspecified atom stereocenters. The molecule has 2 aromatic carbocycles. The summed E-state index contributed by atoms with van der Waals surface area (Å²) >= 11 is 0. The Morgan fingerprint density at radius 1 is 1.11 bits per heavy atom. The Hall–Kier alpha value is -3.42. The Morgan fingerprint density at radius 3 is 2.66 bits per heavy atom. The van der Waals surface area contributed by atoms with Gasteiger partial charge in [-0.1, -0.05) is 56.0 Å². The van der Waals surface area contributed by atoms with Crippen molar-refractivity contribution in [1.29, 1.82) is 0 Å². The molecule has 1 fully saturated rings. The number of likely N-dealkylation sites (tertiary alicyclic amines) is 1. The van der Waals surface area contributed by atoms with Crippen molar-refractivity contribution >= 4 is 22.7 Å². The number of benzene rings is 2. The lowest BCUT2D eigenvalue weighted by Gasteiger charge is -2.24. The predicted molar refractivity (Wildman–Crippen MR) is 150 cm³/mol. The van der Waals surface area contributed by atoms with Crippen LogP contribution in [0, 0.1) is 0 Å². The van der Waals surface area contributed by atoms with Gasteiger partial charge < -0.3 is 18.9 Å². The van der Waals surface area contributed by atoms with Crippen LogP contribution in [0.1, 0.15) is 91.5 Å². The zero-order chi connectivity index (χ0) is 27.1. The molecule has 0 radical (unpaired) electrons. The lowest BCUT2D eigenvalue weighted by atomic mass is 10.1. The summed E-state index contributed by atoms with van der Waals surface area (Å²) in [6.07, 6.45) is 7.32. The number of aliphatic imine (C=N–C) groups is 1. The molecule has 2 heterocycles. The topological polar surface area (TPSA) is 90.1 Å². The van der Waals surface area contributed by atoms with E-state index < -0.39 is 11.7 Å². The lowest BCUT2D eigenvalue weighted by Crippen LogP contribution is -2.30. The highest BCUT2D eigenvalue weighted by molar-refractivity contribution is 5.90. The summed E-state index contributed by atoms with van der Waals surface area (Å²) < 4.78 is 17.0. The number of fused-ring (bicyclic) bond motifs is 1. The van der Waals surface area contributed by atoms with E-state index in [0.717, 1.165) is 54.5 Å². The highest BCUT2D eigenvalue weighted by atomic mass is 16.6. The first-order chi connectivity index (χ1) is 18.2. The summed E-state index contributed by atoms with van der Waals surface area (Å²) in [5, 5.41) is 6.46. The summed E-state index contributed by atoms with van der Waals surface area (Å²) in [4.78, 5) is 23.1. The number of rotatable bonds is 9. The zero-order valence-corrected chi connectivity index (χ0v) is 23.3. The van der Waals surface area contributed by atoms with Gasteiger partial charge in [0.05, 0.1) is 6.61 Å². The third-order valence-corrected chi connectivity index (χ3v) is 6.63. The van der Waals surface area contributed by atoms with E-state index in [1.165, 1.54) is 25.7 Å². The van der Waals surface area contributed by atoms with Crippen LogP contribution in [0.2, 0.25) is 0 Å². The van der Waals surface area contributed by atoms with Gasteiger partial charge in [-0.3, -0.25) is 0 Å². The summed E-state index contributed by atoms with van der Waals surface area (Å²) in [5.74, 6) is 2.56. The van der Waals surface area contributed by atoms with Crippen molar-refractivity contribution in [3.05, 3.63) is 42.3 Å². The van der Waals surface area contributed by atoms with Crippen LogP contribution >= 0.6 is 0 Å². The average Bonchev–Trinajstić information content (AvgIpc) is 3.54. The number of unbranched alkanes of at least 4 members (excludes halogenated alkanes) is 4. The quantitative estimate of drug-likeness (QED) is 0.162. The maximum absolute atomic E-state index is 12.2. The van der Waals surface area contributed by atoms with E-state index in [1.807, 2.05) is 44.7 Å². The van der Waals surface area contributed by atoms with Gasteiger partial charge in [0.25, 0.3) is 0 Å². The first-order valence-electron chi connectivity index (χ1n) is 13.8. The zero-order valence-electron chi connectivity index (χ0n) is 23.3. The molecule has 1 aliphatic heterocycles. The summed E-state index contributed by atoms with van der Waals surface area (Å²) in [5.41, 5.74) is 0.301. The number of carbonyl (C=O) groups is 1. The van der Waals surface area contributed by atoms with Gasteiger partial charge in [0.1, 0.15) is 23.2 Å². The molecule has 8 heteroatoms. The number of amides is 1. The van der Waals surface area contributed by atoms with Crippen LogP contribution in [-0.4, -0.2) is 45.7 Å². The largest absolute Gasteiger partial charge is 0.494 e. The number of carbonyl (C=O) groups excluding carboxylic acids is 1. The first kappa shape index (κ1) is 27.6. The van der Waals surface area contributed by atoms with E-state index in [-0.39, 0.29) is 6.04 Å². The number of ether oxygens (including phenoxy) is 2. The molecule has 38 heavy (non-hydrogen) atoms. The molecule has 204 valence electrons. The van der Waals surface area contributed by atoms with Gasteiger partial charge in [0.15, 0.2) is 0 Å². The molecule has 1 aliphatic rings. The Kier molecular flexibility index (Phi) is 9.02. The van der Waals surface area contributed by atoms with Crippen LogP contribution in [-0.2, 0) is 4.74 Å². The van der Waals surface area contributed by atoms with Crippen molar-refractivity contribution in [2.45, 2.75) is 91.2 Å². The lowest BCUT2D eigenvalue weighted by molar-refractivity contribution is 0.0601. The summed E-state index contributed by atoms with van der Waals surface area (Å²) in [6, 6.07) is 12.2. The van der Waals surface area contributed by atoms with Gasteiger partial charge in [-0.15, -0.1) is 0 Å². The van der Waals surface area contributed by atoms with Crippen LogP contribution in [0.25, 0.3) is 22.2 Å².